The molecular formula is C9H12N3O+. The van der Waals surface area contributed by atoms with Crippen molar-refractivity contribution in [3.8, 4) is 5.75 Å². The maximum Gasteiger partial charge on any atom is 0.408 e. The third kappa shape index (κ3) is 1.88. The Labute approximate surface area is 77.4 Å². The summed E-state index contributed by atoms with van der Waals surface area (Å²) in [6, 6.07) is 5.27. The van der Waals surface area contributed by atoms with Crippen LogP contribution in [-0.4, -0.2) is 21.2 Å². The number of anilines is 1. The molecule has 0 aliphatic heterocycles. The second kappa shape index (κ2) is 3.76. The maximum absolute atomic E-state index is 8.69. The third-order valence-electron chi connectivity index (χ3n) is 1.77. The van der Waals surface area contributed by atoms with E-state index in [9.17, 15) is 0 Å². The Bertz CT molecular complexity index is 341. The highest BCUT2D eigenvalue weighted by atomic mass is 16.5. The molecule has 1 aromatic carbocycles. The topological polar surface area (TPSA) is 40.6 Å². The predicted octanol–water partition coefficient (Wildman–Crippen LogP) is 2.25. The van der Waals surface area contributed by atoms with Gasteiger partial charge in [-0.25, -0.2) is 0 Å². The molecule has 4 heteroatoms. The van der Waals surface area contributed by atoms with Crippen LogP contribution < -0.4 is 9.64 Å². The molecule has 0 spiro atoms. The highest BCUT2D eigenvalue weighted by Crippen LogP contribution is 2.31. The number of rotatable bonds is 2. The van der Waals surface area contributed by atoms with E-state index in [1.54, 1.807) is 19.2 Å². The summed E-state index contributed by atoms with van der Waals surface area (Å²) in [5.41, 5.74) is 1.35. The average Bonchev–Trinajstić information content (AvgIpc) is 2.16. The van der Waals surface area contributed by atoms with E-state index in [-0.39, 0.29) is 0 Å². The highest BCUT2D eigenvalue weighted by molar-refractivity contribution is 5.71. The SMILES string of the molecule is COc1ccc([N+]#N)c(N(C)C)c1. The average molecular weight is 178 g/mol. The summed E-state index contributed by atoms with van der Waals surface area (Å²) in [4.78, 5) is 5.03. The van der Waals surface area contributed by atoms with Gasteiger partial charge < -0.3 is 9.64 Å². The van der Waals surface area contributed by atoms with Crippen LogP contribution in [0.3, 0.4) is 0 Å². The van der Waals surface area contributed by atoms with E-state index in [0.717, 1.165) is 11.4 Å². The Kier molecular flexibility index (Phi) is 2.70. The largest absolute Gasteiger partial charge is 0.497 e. The first-order chi connectivity index (χ1) is 6.19. The minimum Gasteiger partial charge on any atom is -0.497 e. The molecule has 13 heavy (non-hydrogen) atoms. The molecule has 4 nitrogen and oxygen atoms in total. The van der Waals surface area contributed by atoms with Crippen LogP contribution in [-0.2, 0) is 0 Å². The van der Waals surface area contributed by atoms with Crippen molar-refractivity contribution in [3.63, 3.8) is 0 Å². The van der Waals surface area contributed by atoms with Gasteiger partial charge in [0.2, 0.25) is 5.39 Å². The molecular weight excluding hydrogens is 166 g/mol. The zero-order valence-electron chi connectivity index (χ0n) is 7.98. The van der Waals surface area contributed by atoms with Crippen LogP contribution in [0.15, 0.2) is 18.2 Å². The lowest BCUT2D eigenvalue weighted by Crippen LogP contribution is -2.08. The molecule has 0 saturated heterocycles. The molecule has 0 amide bonds. The van der Waals surface area contributed by atoms with Crippen LogP contribution in [0.4, 0.5) is 11.4 Å². The van der Waals surface area contributed by atoms with Gasteiger partial charge in [0.1, 0.15) is 11.4 Å². The van der Waals surface area contributed by atoms with Crippen LogP contribution in [0.2, 0.25) is 0 Å². The van der Waals surface area contributed by atoms with Gasteiger partial charge in [-0.2, -0.15) is 0 Å². The van der Waals surface area contributed by atoms with E-state index in [0.29, 0.717) is 5.69 Å². The van der Waals surface area contributed by atoms with E-state index >= 15 is 0 Å². The number of benzene rings is 1. The molecule has 0 bridgehead atoms. The Morgan fingerprint density at radius 3 is 2.54 bits per heavy atom. The minimum atomic E-state index is 0.533. The quantitative estimate of drug-likeness (QED) is 0.652. The smallest absolute Gasteiger partial charge is 0.408 e. The normalized spacial score (nSPS) is 9.08. The van der Waals surface area contributed by atoms with Crippen molar-refractivity contribution in [2.75, 3.05) is 26.1 Å². The van der Waals surface area contributed by atoms with E-state index in [2.05, 4.69) is 4.98 Å². The molecule has 0 radical (unpaired) electrons. The molecule has 0 N–H and O–H groups in total. The van der Waals surface area contributed by atoms with Gasteiger partial charge in [0.05, 0.1) is 7.11 Å². The highest BCUT2D eigenvalue weighted by Gasteiger charge is 2.15. The van der Waals surface area contributed by atoms with E-state index in [4.69, 9.17) is 10.1 Å². The lowest BCUT2D eigenvalue weighted by molar-refractivity contribution is 0.415. The molecule has 0 fully saturated rings. The minimum absolute atomic E-state index is 0.533. The van der Waals surface area contributed by atoms with Crippen molar-refractivity contribution in [2.45, 2.75) is 0 Å². The molecule has 1 aromatic rings. The molecule has 68 valence electrons. The summed E-state index contributed by atoms with van der Waals surface area (Å²) in [5.74, 6) is 0.746. The summed E-state index contributed by atoms with van der Waals surface area (Å²) in [6.07, 6.45) is 0. The second-order valence-corrected chi connectivity index (χ2v) is 2.85. The third-order valence-corrected chi connectivity index (χ3v) is 1.77. The Hall–Kier alpha value is -1.76. The van der Waals surface area contributed by atoms with Crippen LogP contribution in [0.1, 0.15) is 0 Å². The molecule has 0 aliphatic carbocycles. The van der Waals surface area contributed by atoms with Crippen LogP contribution in [0, 0.1) is 5.39 Å². The maximum atomic E-state index is 8.69. The van der Waals surface area contributed by atoms with Gasteiger partial charge in [-0.15, -0.1) is 0 Å². The van der Waals surface area contributed by atoms with Crippen molar-refractivity contribution in [3.05, 3.63) is 23.2 Å². The number of hydrogen-bond donors (Lipinski definition) is 0. The summed E-state index contributed by atoms with van der Waals surface area (Å²) >= 11 is 0. The fourth-order valence-corrected chi connectivity index (χ4v) is 1.07. The number of hydrogen-bond acceptors (Lipinski definition) is 3. The van der Waals surface area contributed by atoms with Crippen molar-refractivity contribution in [2.24, 2.45) is 0 Å². The number of nitrogens with zero attached hydrogens (tertiary/aromatic N) is 3. The Morgan fingerprint density at radius 1 is 1.38 bits per heavy atom. The predicted molar refractivity (Wildman–Crippen MR) is 52.1 cm³/mol. The zero-order chi connectivity index (χ0) is 9.84. The van der Waals surface area contributed by atoms with E-state index in [1.165, 1.54) is 0 Å². The summed E-state index contributed by atoms with van der Waals surface area (Å²) in [6.45, 7) is 0. The molecule has 0 aliphatic rings. The lowest BCUT2D eigenvalue weighted by Gasteiger charge is -2.10. The van der Waals surface area contributed by atoms with Crippen molar-refractivity contribution in [1.29, 1.82) is 5.39 Å². The molecule has 0 unspecified atom stereocenters. The van der Waals surface area contributed by atoms with Gasteiger partial charge in [0.25, 0.3) is 0 Å². The number of diazo groups is 1. The van der Waals surface area contributed by atoms with Gasteiger partial charge in [-0.05, 0) is 6.07 Å². The first kappa shape index (κ1) is 9.33. The van der Waals surface area contributed by atoms with Gasteiger partial charge in [-0.3, -0.25) is 0 Å². The Morgan fingerprint density at radius 2 is 2.08 bits per heavy atom. The summed E-state index contributed by atoms with van der Waals surface area (Å²) < 4.78 is 5.05. The van der Waals surface area contributed by atoms with Gasteiger partial charge in [-0.1, -0.05) is 0 Å². The van der Waals surface area contributed by atoms with E-state index < -0.39 is 0 Å². The van der Waals surface area contributed by atoms with Crippen molar-refractivity contribution in [1.82, 2.24) is 0 Å². The van der Waals surface area contributed by atoms with Gasteiger partial charge in [0.15, 0.2) is 4.98 Å². The molecule has 0 aromatic heterocycles. The summed E-state index contributed by atoms with van der Waals surface area (Å²) in [7, 11) is 5.36. The molecule has 1 rings (SSSR count). The molecule has 0 saturated carbocycles. The van der Waals surface area contributed by atoms with Crippen LogP contribution in [0.25, 0.3) is 4.98 Å². The zero-order valence-corrected chi connectivity index (χ0v) is 7.98. The molecule has 0 heterocycles. The number of methoxy groups -OCH3 is 1. The second-order valence-electron chi connectivity index (χ2n) is 2.85. The number of ether oxygens (including phenoxy) is 1. The lowest BCUT2D eigenvalue weighted by atomic mass is 10.2. The Balaban J connectivity index is 3.20. The first-order valence-corrected chi connectivity index (χ1v) is 3.89. The fraction of sp³-hybridized carbons (Fsp3) is 0.333. The molecule has 0 atom stereocenters. The standard InChI is InChI=1S/C9H12N3O/c1-12(2)9-6-7(13-3)4-5-8(9)11-10/h4-6H,1-3H3/q+1. The van der Waals surface area contributed by atoms with Gasteiger partial charge in [0, 0.05) is 26.2 Å². The van der Waals surface area contributed by atoms with Crippen LogP contribution >= 0.6 is 0 Å². The first-order valence-electron chi connectivity index (χ1n) is 3.89. The fourth-order valence-electron chi connectivity index (χ4n) is 1.07. The summed E-state index contributed by atoms with van der Waals surface area (Å²) in [5, 5.41) is 8.69. The van der Waals surface area contributed by atoms with Gasteiger partial charge >= 0.3 is 5.69 Å². The van der Waals surface area contributed by atoms with Crippen molar-refractivity contribution >= 4 is 11.4 Å². The monoisotopic (exact) mass is 178 g/mol. The van der Waals surface area contributed by atoms with Crippen molar-refractivity contribution < 1.29 is 4.74 Å². The van der Waals surface area contributed by atoms with E-state index in [1.807, 2.05) is 25.1 Å². The van der Waals surface area contributed by atoms with Crippen LogP contribution in [0.5, 0.6) is 5.75 Å².